The first kappa shape index (κ1) is 23.5. The summed E-state index contributed by atoms with van der Waals surface area (Å²) in [5.74, 6) is 1.19. The van der Waals surface area contributed by atoms with Crippen LogP contribution in [0.3, 0.4) is 0 Å². The summed E-state index contributed by atoms with van der Waals surface area (Å²) in [5.41, 5.74) is 6.75. The molecular weight excluding hydrogens is 493 g/mol. The highest BCUT2D eigenvalue weighted by Gasteiger charge is 2.33. The van der Waals surface area contributed by atoms with Crippen LogP contribution < -0.4 is 4.74 Å². The van der Waals surface area contributed by atoms with Crippen molar-refractivity contribution in [1.29, 1.82) is 0 Å². The SMILES string of the molecule is FC(F)(F)c1ccc(-c2ccc(-c3ccc4cc(C5=CC6c7ccccc7OC6C=C5)ccc4c3)cc2)cc1. The van der Waals surface area contributed by atoms with E-state index in [0.717, 1.165) is 50.9 Å². The number of ether oxygens (including phenoxy) is 1. The van der Waals surface area contributed by atoms with Gasteiger partial charge in [-0.1, -0.05) is 91.0 Å². The van der Waals surface area contributed by atoms with Gasteiger partial charge in [0.25, 0.3) is 0 Å². The Hall–Kier alpha value is -4.57. The third-order valence-corrected chi connectivity index (χ3v) is 7.66. The van der Waals surface area contributed by atoms with E-state index < -0.39 is 11.7 Å². The molecule has 1 heterocycles. The smallest absolute Gasteiger partial charge is 0.416 e. The maximum absolute atomic E-state index is 12.9. The van der Waals surface area contributed by atoms with E-state index in [0.29, 0.717) is 0 Å². The van der Waals surface area contributed by atoms with Crippen molar-refractivity contribution in [1.82, 2.24) is 0 Å². The zero-order chi connectivity index (χ0) is 26.6. The van der Waals surface area contributed by atoms with E-state index in [1.54, 1.807) is 0 Å². The van der Waals surface area contributed by atoms with Crippen LogP contribution in [0.25, 0.3) is 38.6 Å². The Balaban J connectivity index is 1.14. The number of alkyl halides is 3. The topological polar surface area (TPSA) is 9.23 Å². The van der Waals surface area contributed by atoms with Gasteiger partial charge in [0.1, 0.15) is 11.9 Å². The van der Waals surface area contributed by atoms with Crippen LogP contribution in [0.4, 0.5) is 13.2 Å². The minimum atomic E-state index is -4.33. The van der Waals surface area contributed by atoms with Crippen LogP contribution in [0.2, 0.25) is 0 Å². The van der Waals surface area contributed by atoms with Gasteiger partial charge in [-0.05, 0) is 80.6 Å². The maximum atomic E-state index is 12.9. The highest BCUT2D eigenvalue weighted by atomic mass is 19.4. The molecule has 0 spiro atoms. The lowest BCUT2D eigenvalue weighted by atomic mass is 9.86. The van der Waals surface area contributed by atoms with Crippen molar-refractivity contribution in [2.45, 2.75) is 18.2 Å². The number of para-hydroxylation sites is 1. The molecule has 1 aliphatic heterocycles. The number of hydrogen-bond acceptors (Lipinski definition) is 1. The summed E-state index contributed by atoms with van der Waals surface area (Å²) in [6.07, 6.45) is 2.34. The van der Waals surface area contributed by atoms with E-state index in [2.05, 4.69) is 66.8 Å². The predicted molar refractivity (Wildman–Crippen MR) is 151 cm³/mol. The molecule has 1 nitrogen and oxygen atoms in total. The molecule has 1 aliphatic carbocycles. The number of hydrogen-bond donors (Lipinski definition) is 0. The molecule has 5 aromatic carbocycles. The van der Waals surface area contributed by atoms with Gasteiger partial charge in [0, 0.05) is 11.5 Å². The number of fused-ring (bicyclic) bond motifs is 4. The van der Waals surface area contributed by atoms with E-state index in [-0.39, 0.29) is 12.0 Å². The number of rotatable bonds is 3. The summed E-state index contributed by atoms with van der Waals surface area (Å²) in [7, 11) is 0. The molecular formula is C35H23F3O. The molecule has 0 amide bonds. The van der Waals surface area contributed by atoms with Crippen LogP contribution >= 0.6 is 0 Å². The molecule has 0 aromatic heterocycles. The highest BCUT2D eigenvalue weighted by molar-refractivity contribution is 5.91. The van der Waals surface area contributed by atoms with Gasteiger partial charge in [-0.15, -0.1) is 0 Å². The van der Waals surface area contributed by atoms with Gasteiger partial charge in [0.05, 0.1) is 5.56 Å². The fraction of sp³-hybridized carbons (Fsp3) is 0.0857. The van der Waals surface area contributed by atoms with Gasteiger partial charge < -0.3 is 4.74 Å². The Labute approximate surface area is 224 Å². The number of allylic oxidation sites excluding steroid dienone is 2. The molecule has 0 bridgehead atoms. The Kier molecular flexibility index (Phi) is 5.44. The van der Waals surface area contributed by atoms with Crippen molar-refractivity contribution in [3.8, 4) is 28.0 Å². The van der Waals surface area contributed by atoms with Gasteiger partial charge in [0.15, 0.2) is 0 Å². The average molecular weight is 517 g/mol. The predicted octanol–water partition coefficient (Wildman–Crippen LogP) is 9.69. The van der Waals surface area contributed by atoms with E-state index >= 15 is 0 Å². The van der Waals surface area contributed by atoms with Crippen molar-refractivity contribution in [2.24, 2.45) is 0 Å². The summed E-state index contributed by atoms with van der Waals surface area (Å²) in [5, 5.41) is 2.31. The molecule has 2 unspecified atom stereocenters. The van der Waals surface area contributed by atoms with E-state index in [1.807, 2.05) is 36.4 Å². The van der Waals surface area contributed by atoms with Crippen molar-refractivity contribution in [2.75, 3.05) is 0 Å². The summed E-state index contributed by atoms with van der Waals surface area (Å²) in [4.78, 5) is 0. The highest BCUT2D eigenvalue weighted by Crippen LogP contribution is 2.43. The number of halogens is 3. The van der Waals surface area contributed by atoms with E-state index in [1.165, 1.54) is 28.8 Å². The van der Waals surface area contributed by atoms with Gasteiger partial charge in [-0.3, -0.25) is 0 Å². The molecule has 2 atom stereocenters. The average Bonchev–Trinajstić information content (AvgIpc) is 3.34. The van der Waals surface area contributed by atoms with Crippen molar-refractivity contribution in [3.05, 3.63) is 144 Å². The first-order valence-electron chi connectivity index (χ1n) is 12.9. The summed E-state index contributed by atoms with van der Waals surface area (Å²) in [6.45, 7) is 0. The Bertz CT molecular complexity index is 1760. The third-order valence-electron chi connectivity index (χ3n) is 7.66. The molecule has 5 aromatic rings. The molecule has 0 N–H and O–H groups in total. The summed E-state index contributed by atoms with van der Waals surface area (Å²) < 4.78 is 44.7. The van der Waals surface area contributed by atoms with Gasteiger partial charge >= 0.3 is 6.18 Å². The maximum Gasteiger partial charge on any atom is 0.416 e. The second-order valence-corrected chi connectivity index (χ2v) is 10.1. The fourth-order valence-corrected chi connectivity index (χ4v) is 5.56. The van der Waals surface area contributed by atoms with Gasteiger partial charge in [-0.2, -0.15) is 13.2 Å². The fourth-order valence-electron chi connectivity index (χ4n) is 5.56. The second kappa shape index (κ2) is 9.02. The minimum Gasteiger partial charge on any atom is -0.485 e. The van der Waals surface area contributed by atoms with Crippen LogP contribution in [-0.2, 0) is 6.18 Å². The van der Waals surface area contributed by atoms with Gasteiger partial charge in [0.2, 0.25) is 0 Å². The van der Waals surface area contributed by atoms with Crippen molar-refractivity contribution in [3.63, 3.8) is 0 Å². The van der Waals surface area contributed by atoms with E-state index in [9.17, 15) is 13.2 Å². The molecule has 4 heteroatoms. The zero-order valence-corrected chi connectivity index (χ0v) is 20.8. The van der Waals surface area contributed by atoms with Crippen LogP contribution in [0.15, 0.2) is 127 Å². The van der Waals surface area contributed by atoms with Crippen LogP contribution in [-0.4, -0.2) is 6.10 Å². The lowest BCUT2D eigenvalue weighted by Gasteiger charge is -2.19. The van der Waals surface area contributed by atoms with Crippen molar-refractivity contribution < 1.29 is 17.9 Å². The molecule has 0 radical (unpaired) electrons. The Morgan fingerprint density at radius 1 is 0.590 bits per heavy atom. The standard InChI is InChI=1S/C35H23F3O/c36-35(37,38)30-16-13-23(14-17-30)22-5-7-24(8-6-22)25-9-10-27-20-28(12-11-26(27)19-25)29-15-18-34-32(21-29)31-3-1-2-4-33(31)39-34/h1-21,32,34H. The minimum absolute atomic E-state index is 0.0554. The summed E-state index contributed by atoms with van der Waals surface area (Å²) >= 11 is 0. The normalized spacial score (nSPS) is 17.9. The number of benzene rings is 5. The monoisotopic (exact) mass is 516 g/mol. The van der Waals surface area contributed by atoms with Crippen LogP contribution in [0.5, 0.6) is 5.75 Å². The summed E-state index contributed by atoms with van der Waals surface area (Å²) in [6, 6.07) is 34.4. The van der Waals surface area contributed by atoms with Crippen molar-refractivity contribution >= 4 is 16.3 Å². The van der Waals surface area contributed by atoms with E-state index in [4.69, 9.17) is 4.74 Å². The zero-order valence-electron chi connectivity index (χ0n) is 20.8. The first-order chi connectivity index (χ1) is 18.9. The lowest BCUT2D eigenvalue weighted by Crippen LogP contribution is -2.16. The lowest BCUT2D eigenvalue weighted by molar-refractivity contribution is -0.137. The molecule has 0 saturated carbocycles. The van der Waals surface area contributed by atoms with Crippen LogP contribution in [0.1, 0.15) is 22.6 Å². The Morgan fingerprint density at radius 2 is 1.15 bits per heavy atom. The molecule has 7 rings (SSSR count). The van der Waals surface area contributed by atoms with Crippen LogP contribution in [0, 0.1) is 0 Å². The molecule has 39 heavy (non-hydrogen) atoms. The molecule has 0 saturated heterocycles. The second-order valence-electron chi connectivity index (χ2n) is 10.1. The molecule has 190 valence electrons. The Morgan fingerprint density at radius 3 is 1.85 bits per heavy atom. The third kappa shape index (κ3) is 4.32. The largest absolute Gasteiger partial charge is 0.485 e. The quantitative estimate of drug-likeness (QED) is 0.232. The van der Waals surface area contributed by atoms with Gasteiger partial charge in [-0.25, -0.2) is 0 Å². The first-order valence-corrected chi connectivity index (χ1v) is 12.9. The molecule has 2 aliphatic rings. The molecule has 0 fully saturated rings.